The van der Waals surface area contributed by atoms with Gasteiger partial charge in [0.05, 0.1) is 11.0 Å². The third-order valence-electron chi connectivity index (χ3n) is 5.73. The monoisotopic (exact) mass is 384 g/mol. The van der Waals surface area contributed by atoms with Gasteiger partial charge >= 0.3 is 0 Å². The average molecular weight is 384 g/mol. The molecule has 2 heterocycles. The van der Waals surface area contributed by atoms with Crippen molar-refractivity contribution in [1.29, 1.82) is 0 Å². The van der Waals surface area contributed by atoms with Crippen LogP contribution < -0.4 is 0 Å². The number of aryl methyl sites for hydroxylation is 1. The van der Waals surface area contributed by atoms with Gasteiger partial charge in [-0.25, -0.2) is 4.98 Å². The minimum atomic E-state index is 0.652. The molecule has 0 saturated heterocycles. The van der Waals surface area contributed by atoms with Gasteiger partial charge in [-0.3, -0.25) is 0 Å². The summed E-state index contributed by atoms with van der Waals surface area (Å²) in [6.07, 6.45) is 5.47. The number of tetrazole rings is 1. The molecule has 6 nitrogen and oxygen atoms in total. The van der Waals surface area contributed by atoms with E-state index in [-0.39, 0.29) is 0 Å². The first-order valence-electron chi connectivity index (χ1n) is 10.3. The minimum Gasteiger partial charge on any atom is -0.324 e. The van der Waals surface area contributed by atoms with Gasteiger partial charge in [0.2, 0.25) is 5.82 Å². The number of nitrogens with zero attached hydrogens (tertiary/aromatic N) is 5. The number of hydrogen-bond acceptors (Lipinski definition) is 4. The zero-order valence-electron chi connectivity index (χ0n) is 16.6. The molecule has 29 heavy (non-hydrogen) atoms. The van der Waals surface area contributed by atoms with Gasteiger partial charge in [0.1, 0.15) is 5.82 Å². The number of allylic oxidation sites excluding steroid dienone is 2. The zero-order valence-corrected chi connectivity index (χ0v) is 16.6. The Bertz CT molecular complexity index is 1170. The van der Waals surface area contributed by atoms with Gasteiger partial charge in [-0.1, -0.05) is 43.3 Å². The van der Waals surface area contributed by atoms with Crippen molar-refractivity contribution in [2.24, 2.45) is 0 Å². The third-order valence-corrected chi connectivity index (χ3v) is 5.73. The van der Waals surface area contributed by atoms with Crippen LogP contribution in [0.1, 0.15) is 44.0 Å². The van der Waals surface area contributed by atoms with Crippen LogP contribution >= 0.6 is 0 Å². The van der Waals surface area contributed by atoms with Crippen LogP contribution in [0.15, 0.2) is 54.1 Å². The first-order chi connectivity index (χ1) is 14.3. The molecule has 2 aromatic heterocycles. The second-order valence-electron chi connectivity index (χ2n) is 7.57. The Balaban J connectivity index is 1.60. The van der Waals surface area contributed by atoms with Gasteiger partial charge in [-0.2, -0.15) is 5.21 Å². The van der Waals surface area contributed by atoms with Crippen LogP contribution in [0.2, 0.25) is 0 Å². The molecule has 146 valence electrons. The van der Waals surface area contributed by atoms with E-state index in [4.69, 9.17) is 4.98 Å². The smallest absolute Gasteiger partial charge is 0.205 e. The van der Waals surface area contributed by atoms with Crippen molar-refractivity contribution in [1.82, 2.24) is 30.2 Å². The Morgan fingerprint density at radius 2 is 1.83 bits per heavy atom. The van der Waals surface area contributed by atoms with E-state index in [1.54, 1.807) is 0 Å². The van der Waals surface area contributed by atoms with Crippen LogP contribution in [-0.4, -0.2) is 30.2 Å². The first-order valence-corrected chi connectivity index (χ1v) is 10.3. The van der Waals surface area contributed by atoms with Crippen LogP contribution in [0.25, 0.3) is 28.0 Å². The van der Waals surface area contributed by atoms with E-state index in [9.17, 15) is 0 Å². The van der Waals surface area contributed by atoms with Gasteiger partial charge in [-0.05, 0) is 59.7 Å². The molecule has 1 aliphatic rings. The van der Waals surface area contributed by atoms with Crippen molar-refractivity contribution in [3.63, 3.8) is 0 Å². The summed E-state index contributed by atoms with van der Waals surface area (Å²) in [6, 6.07) is 16.9. The Hall–Kier alpha value is -3.28. The summed E-state index contributed by atoms with van der Waals surface area (Å²) in [5, 5.41) is 14.8. The molecule has 5 rings (SSSR count). The SMILES string of the molecule is CCCc1nc2ccccc2n1CC1=C(c2ccccc2-c2nn[nH]n2)CCC1. The number of H-pyrrole nitrogens is 1. The molecule has 0 fully saturated rings. The van der Waals surface area contributed by atoms with Crippen LogP contribution in [-0.2, 0) is 13.0 Å². The Morgan fingerprint density at radius 3 is 2.66 bits per heavy atom. The molecule has 2 aromatic carbocycles. The van der Waals surface area contributed by atoms with Crippen molar-refractivity contribution in [2.45, 2.75) is 45.6 Å². The van der Waals surface area contributed by atoms with Crippen LogP contribution in [0.3, 0.4) is 0 Å². The summed E-state index contributed by atoms with van der Waals surface area (Å²) >= 11 is 0. The van der Waals surface area contributed by atoms with E-state index in [1.807, 2.05) is 6.07 Å². The predicted octanol–water partition coefficient (Wildman–Crippen LogP) is 4.81. The highest BCUT2D eigenvalue weighted by molar-refractivity contribution is 5.82. The summed E-state index contributed by atoms with van der Waals surface area (Å²) in [7, 11) is 0. The van der Waals surface area contributed by atoms with E-state index in [1.165, 1.54) is 34.5 Å². The molecule has 4 aromatic rings. The summed E-state index contributed by atoms with van der Waals surface area (Å²) in [5.74, 6) is 1.83. The fourth-order valence-electron chi connectivity index (χ4n) is 4.43. The second kappa shape index (κ2) is 7.62. The van der Waals surface area contributed by atoms with Crippen molar-refractivity contribution in [3.8, 4) is 11.4 Å². The number of para-hydroxylation sites is 2. The van der Waals surface area contributed by atoms with E-state index < -0.39 is 0 Å². The Kier molecular flexibility index (Phi) is 4.68. The number of aromatic nitrogens is 6. The lowest BCUT2D eigenvalue weighted by molar-refractivity contribution is 0.699. The van der Waals surface area contributed by atoms with Gasteiger partial charge < -0.3 is 4.57 Å². The lowest BCUT2D eigenvalue weighted by Crippen LogP contribution is -2.06. The van der Waals surface area contributed by atoms with Crippen LogP contribution in [0.5, 0.6) is 0 Å². The van der Waals surface area contributed by atoms with Gasteiger partial charge in [0.15, 0.2) is 0 Å². The minimum absolute atomic E-state index is 0.652. The van der Waals surface area contributed by atoms with Gasteiger partial charge in [0, 0.05) is 18.5 Å². The molecule has 0 radical (unpaired) electrons. The fraction of sp³-hybridized carbons (Fsp3) is 0.304. The topological polar surface area (TPSA) is 72.3 Å². The maximum Gasteiger partial charge on any atom is 0.205 e. The molecular formula is C23H24N6. The maximum atomic E-state index is 4.91. The van der Waals surface area contributed by atoms with Gasteiger partial charge in [0.25, 0.3) is 0 Å². The molecule has 0 spiro atoms. The standard InChI is InChI=1S/C23H24N6/c1-2-8-22-24-20-13-5-6-14-21(20)29(22)15-16-9-7-12-17(16)18-10-3-4-11-19(18)23-25-27-28-26-23/h3-6,10-11,13-14H,2,7-9,12,15H2,1H3,(H,25,26,27,28). The largest absolute Gasteiger partial charge is 0.324 e. The number of nitrogens with one attached hydrogen (secondary N) is 1. The van der Waals surface area contributed by atoms with E-state index >= 15 is 0 Å². The summed E-state index contributed by atoms with van der Waals surface area (Å²) < 4.78 is 2.41. The molecule has 0 aliphatic heterocycles. The molecule has 0 amide bonds. The summed E-state index contributed by atoms with van der Waals surface area (Å²) in [5.41, 5.74) is 7.49. The first kappa shape index (κ1) is 17.8. The molecule has 6 heteroatoms. The Labute approximate surface area is 169 Å². The number of imidazole rings is 1. The molecule has 1 N–H and O–H groups in total. The van der Waals surface area contributed by atoms with Crippen LogP contribution in [0, 0.1) is 0 Å². The van der Waals surface area contributed by atoms with E-state index in [0.717, 1.165) is 43.3 Å². The number of hydrogen-bond donors (Lipinski definition) is 1. The molecular weight excluding hydrogens is 360 g/mol. The lowest BCUT2D eigenvalue weighted by atomic mass is 9.96. The highest BCUT2D eigenvalue weighted by atomic mass is 15.5. The zero-order chi connectivity index (χ0) is 19.6. The highest BCUT2D eigenvalue weighted by Gasteiger charge is 2.22. The van der Waals surface area contributed by atoms with Crippen LogP contribution in [0.4, 0.5) is 0 Å². The number of benzene rings is 2. The quantitative estimate of drug-likeness (QED) is 0.518. The predicted molar refractivity (Wildman–Crippen MR) is 114 cm³/mol. The second-order valence-corrected chi connectivity index (χ2v) is 7.57. The number of fused-ring (bicyclic) bond motifs is 1. The van der Waals surface area contributed by atoms with Crippen molar-refractivity contribution >= 4 is 16.6 Å². The Morgan fingerprint density at radius 1 is 1.00 bits per heavy atom. The molecule has 0 bridgehead atoms. The molecule has 0 unspecified atom stereocenters. The summed E-state index contributed by atoms with van der Waals surface area (Å²) in [4.78, 5) is 4.91. The number of rotatable bonds is 6. The van der Waals surface area contributed by atoms with Crippen molar-refractivity contribution in [2.75, 3.05) is 0 Å². The molecule has 0 saturated carbocycles. The normalized spacial score (nSPS) is 14.2. The number of aromatic amines is 1. The third kappa shape index (κ3) is 3.24. The fourth-order valence-corrected chi connectivity index (χ4v) is 4.43. The van der Waals surface area contributed by atoms with E-state index in [2.05, 4.69) is 74.6 Å². The molecule has 0 atom stereocenters. The molecule has 1 aliphatic carbocycles. The lowest BCUT2D eigenvalue weighted by Gasteiger charge is -2.14. The highest BCUT2D eigenvalue weighted by Crippen LogP contribution is 2.39. The van der Waals surface area contributed by atoms with E-state index in [0.29, 0.717) is 5.82 Å². The summed E-state index contributed by atoms with van der Waals surface area (Å²) in [6.45, 7) is 3.11. The van der Waals surface area contributed by atoms with Crippen molar-refractivity contribution in [3.05, 3.63) is 65.5 Å². The average Bonchev–Trinajstić information content (AvgIpc) is 3.50. The van der Waals surface area contributed by atoms with Gasteiger partial charge in [-0.15, -0.1) is 10.2 Å². The van der Waals surface area contributed by atoms with Crippen molar-refractivity contribution < 1.29 is 0 Å². The maximum absolute atomic E-state index is 4.91.